The Morgan fingerprint density at radius 3 is 2.58 bits per heavy atom. The second-order valence-corrected chi connectivity index (χ2v) is 7.20. The van der Waals surface area contributed by atoms with E-state index in [1.54, 1.807) is 30.6 Å². The molecule has 2 aromatic heterocycles. The molecule has 4 rings (SSSR count). The molecule has 0 aliphatic heterocycles. The van der Waals surface area contributed by atoms with E-state index < -0.39 is 11.7 Å². The number of halogens is 1. The van der Waals surface area contributed by atoms with Crippen LogP contribution in [0, 0.1) is 5.82 Å². The van der Waals surface area contributed by atoms with Gasteiger partial charge in [0.15, 0.2) is 5.82 Å². The van der Waals surface area contributed by atoms with Gasteiger partial charge in [0.05, 0.1) is 5.56 Å². The molecular weight excluding hydrogens is 395 g/mol. The number of nitrogens with one attached hydrogen (secondary N) is 2. The first kappa shape index (κ1) is 20.2. The van der Waals surface area contributed by atoms with E-state index in [2.05, 4.69) is 25.8 Å². The molecule has 0 radical (unpaired) electrons. The summed E-state index contributed by atoms with van der Waals surface area (Å²) in [6.07, 6.45) is 1.63. The lowest BCUT2D eigenvalue weighted by molar-refractivity contribution is 0.102. The maximum Gasteiger partial charge on any atom is 0.259 e. The first-order valence-electron chi connectivity index (χ1n) is 9.81. The van der Waals surface area contributed by atoms with Crippen molar-refractivity contribution in [2.45, 2.75) is 19.9 Å². The van der Waals surface area contributed by atoms with Gasteiger partial charge in [0.1, 0.15) is 23.7 Å². The minimum absolute atomic E-state index is 0.0847. The molecule has 0 spiro atoms. The van der Waals surface area contributed by atoms with Crippen LogP contribution in [-0.4, -0.2) is 25.7 Å². The molecule has 0 aliphatic rings. The van der Waals surface area contributed by atoms with Crippen LogP contribution in [0.4, 0.5) is 21.6 Å². The zero-order chi connectivity index (χ0) is 21.8. The Bertz CT molecular complexity index is 1210. The number of para-hydroxylation sites is 1. The van der Waals surface area contributed by atoms with E-state index in [0.29, 0.717) is 23.0 Å². The number of nitrogens with zero attached hydrogens (tertiary/aromatic N) is 4. The molecule has 2 N–H and O–H groups in total. The highest BCUT2D eigenvalue weighted by Crippen LogP contribution is 2.22. The Hall–Kier alpha value is -4.07. The zero-order valence-corrected chi connectivity index (χ0v) is 17.1. The zero-order valence-electron chi connectivity index (χ0n) is 17.1. The normalized spacial score (nSPS) is 10.8. The van der Waals surface area contributed by atoms with E-state index in [-0.39, 0.29) is 11.6 Å². The molecule has 7 nitrogen and oxygen atoms in total. The Balaban J connectivity index is 1.56. The van der Waals surface area contributed by atoms with Crippen molar-refractivity contribution in [2.24, 2.45) is 0 Å². The Morgan fingerprint density at radius 1 is 1.00 bits per heavy atom. The minimum atomic E-state index is -0.619. The number of hydrogen-bond acceptors (Lipinski definition) is 5. The van der Waals surface area contributed by atoms with Gasteiger partial charge in [-0.2, -0.15) is 0 Å². The number of hydrogen-bond donors (Lipinski definition) is 2. The van der Waals surface area contributed by atoms with Crippen molar-refractivity contribution < 1.29 is 9.18 Å². The van der Waals surface area contributed by atoms with Gasteiger partial charge in [-0.15, -0.1) is 10.2 Å². The standard InChI is InChI=1S/C23H21FN6O/c1-15(2)30-14-25-29-22(30)20-9-6-10-21(27-20)28-23(31)18-13-17(11-12-19(18)24)26-16-7-4-3-5-8-16/h3-15,26H,1-2H3,(H,27,28,31). The van der Waals surface area contributed by atoms with Crippen LogP contribution in [0.15, 0.2) is 73.1 Å². The summed E-state index contributed by atoms with van der Waals surface area (Å²) in [4.78, 5) is 17.2. The Kier molecular flexibility index (Phi) is 5.70. The summed E-state index contributed by atoms with van der Waals surface area (Å²) < 4.78 is 16.3. The lowest BCUT2D eigenvalue weighted by atomic mass is 10.1. The summed E-state index contributed by atoms with van der Waals surface area (Å²) in [6, 6.07) is 19.1. The molecule has 1 amide bonds. The highest BCUT2D eigenvalue weighted by Gasteiger charge is 2.16. The number of amides is 1. The van der Waals surface area contributed by atoms with Crippen molar-refractivity contribution in [3.05, 3.63) is 84.4 Å². The molecule has 2 heterocycles. The van der Waals surface area contributed by atoms with E-state index in [0.717, 1.165) is 5.69 Å². The summed E-state index contributed by atoms with van der Waals surface area (Å²) in [5.74, 6) is -0.330. The van der Waals surface area contributed by atoms with E-state index in [1.165, 1.54) is 12.1 Å². The second-order valence-electron chi connectivity index (χ2n) is 7.20. The number of carbonyl (C=O) groups excluding carboxylic acids is 1. The van der Waals surface area contributed by atoms with E-state index in [9.17, 15) is 9.18 Å². The van der Waals surface area contributed by atoms with Crippen molar-refractivity contribution in [3.8, 4) is 11.5 Å². The molecule has 0 saturated heterocycles. The van der Waals surface area contributed by atoms with Gasteiger partial charge >= 0.3 is 0 Å². The van der Waals surface area contributed by atoms with Gasteiger partial charge in [-0.1, -0.05) is 24.3 Å². The number of benzene rings is 2. The van der Waals surface area contributed by atoms with Crippen molar-refractivity contribution in [3.63, 3.8) is 0 Å². The van der Waals surface area contributed by atoms with Crippen LogP contribution >= 0.6 is 0 Å². The topological polar surface area (TPSA) is 84.7 Å². The van der Waals surface area contributed by atoms with Crippen LogP contribution in [0.1, 0.15) is 30.2 Å². The van der Waals surface area contributed by atoms with Gasteiger partial charge in [-0.05, 0) is 56.3 Å². The van der Waals surface area contributed by atoms with Crippen molar-refractivity contribution >= 4 is 23.1 Å². The average Bonchev–Trinajstić information content (AvgIpc) is 3.26. The maximum atomic E-state index is 14.4. The van der Waals surface area contributed by atoms with Crippen molar-refractivity contribution in [1.29, 1.82) is 0 Å². The molecule has 0 fully saturated rings. The third-order valence-electron chi connectivity index (χ3n) is 4.62. The molecule has 0 bridgehead atoms. The monoisotopic (exact) mass is 416 g/mol. The molecule has 31 heavy (non-hydrogen) atoms. The fourth-order valence-electron chi connectivity index (χ4n) is 3.08. The van der Waals surface area contributed by atoms with Gasteiger partial charge in [-0.3, -0.25) is 4.79 Å². The van der Waals surface area contributed by atoms with E-state index in [4.69, 9.17) is 0 Å². The molecule has 0 unspecified atom stereocenters. The molecule has 4 aromatic rings. The third kappa shape index (κ3) is 4.58. The quantitative estimate of drug-likeness (QED) is 0.459. The van der Waals surface area contributed by atoms with E-state index >= 15 is 0 Å². The fourth-order valence-corrected chi connectivity index (χ4v) is 3.08. The Labute approximate surface area is 179 Å². The van der Waals surface area contributed by atoms with Crippen LogP contribution in [0.3, 0.4) is 0 Å². The fraction of sp³-hybridized carbons (Fsp3) is 0.130. The van der Waals surface area contributed by atoms with E-state index in [1.807, 2.05) is 48.7 Å². The highest BCUT2D eigenvalue weighted by atomic mass is 19.1. The van der Waals surface area contributed by atoms with Crippen LogP contribution in [-0.2, 0) is 0 Å². The van der Waals surface area contributed by atoms with Gasteiger partial charge in [-0.25, -0.2) is 9.37 Å². The minimum Gasteiger partial charge on any atom is -0.356 e. The number of rotatable bonds is 6. The summed E-state index contributed by atoms with van der Waals surface area (Å²) in [6.45, 7) is 4.02. The highest BCUT2D eigenvalue weighted by molar-refractivity contribution is 6.04. The first-order chi connectivity index (χ1) is 15.0. The molecular formula is C23H21FN6O. The lowest BCUT2D eigenvalue weighted by Crippen LogP contribution is -2.15. The van der Waals surface area contributed by atoms with Crippen molar-refractivity contribution in [1.82, 2.24) is 19.7 Å². The maximum absolute atomic E-state index is 14.4. The molecule has 156 valence electrons. The summed E-state index contributed by atoms with van der Waals surface area (Å²) in [5.41, 5.74) is 1.91. The average molecular weight is 416 g/mol. The van der Waals surface area contributed by atoms with Gasteiger partial charge < -0.3 is 15.2 Å². The second kappa shape index (κ2) is 8.74. The predicted octanol–water partition coefficient (Wildman–Crippen LogP) is 5.06. The summed E-state index contributed by atoms with van der Waals surface area (Å²) >= 11 is 0. The lowest BCUT2D eigenvalue weighted by Gasteiger charge is -2.11. The molecule has 8 heteroatoms. The number of anilines is 3. The summed E-state index contributed by atoms with van der Waals surface area (Å²) in [5, 5.41) is 13.9. The van der Waals surface area contributed by atoms with Gasteiger partial charge in [0, 0.05) is 17.4 Å². The van der Waals surface area contributed by atoms with Crippen LogP contribution in [0.25, 0.3) is 11.5 Å². The first-order valence-corrected chi connectivity index (χ1v) is 9.81. The van der Waals surface area contributed by atoms with Gasteiger partial charge in [0.2, 0.25) is 0 Å². The molecule has 2 aromatic carbocycles. The SMILES string of the molecule is CC(C)n1cnnc1-c1cccc(NC(=O)c2cc(Nc3ccccc3)ccc2F)n1. The molecule has 0 aliphatic carbocycles. The number of carbonyl (C=O) groups is 1. The molecule has 0 saturated carbocycles. The van der Waals surface area contributed by atoms with Crippen LogP contribution in [0.2, 0.25) is 0 Å². The third-order valence-corrected chi connectivity index (χ3v) is 4.62. The smallest absolute Gasteiger partial charge is 0.259 e. The van der Waals surface area contributed by atoms with Crippen LogP contribution in [0.5, 0.6) is 0 Å². The predicted molar refractivity (Wildman–Crippen MR) is 118 cm³/mol. The van der Waals surface area contributed by atoms with Gasteiger partial charge in [0.25, 0.3) is 5.91 Å². The van der Waals surface area contributed by atoms with Crippen molar-refractivity contribution in [2.75, 3.05) is 10.6 Å². The summed E-state index contributed by atoms with van der Waals surface area (Å²) in [7, 11) is 0. The Morgan fingerprint density at radius 2 is 1.81 bits per heavy atom. The van der Waals surface area contributed by atoms with Crippen LogP contribution < -0.4 is 10.6 Å². The molecule has 0 atom stereocenters. The number of pyridine rings is 1. The largest absolute Gasteiger partial charge is 0.356 e. The number of aromatic nitrogens is 4.